The molecule has 13 heavy (non-hydrogen) atoms. The summed E-state index contributed by atoms with van der Waals surface area (Å²) in [5.74, 6) is 0.125. The Balaban J connectivity index is 2.87. The summed E-state index contributed by atoms with van der Waals surface area (Å²) >= 11 is 12.3. The minimum absolute atomic E-state index is 0.125. The highest BCUT2D eigenvalue weighted by molar-refractivity contribution is 9.10. The summed E-state index contributed by atoms with van der Waals surface area (Å²) in [7, 11) is 0. The number of alkyl halides is 1. The Morgan fingerprint density at radius 2 is 2.15 bits per heavy atom. The number of Topliss-reactive ketones (excluding diaryl/α,β-unsaturated/α-hetero) is 1. The molecule has 1 rings (SSSR count). The van der Waals surface area contributed by atoms with Crippen molar-refractivity contribution < 1.29 is 4.79 Å². The van der Waals surface area contributed by atoms with Gasteiger partial charge in [0.2, 0.25) is 0 Å². The molecule has 0 spiro atoms. The Morgan fingerprint density at radius 3 is 2.77 bits per heavy atom. The summed E-state index contributed by atoms with van der Waals surface area (Å²) < 4.78 is 0.939. The van der Waals surface area contributed by atoms with Crippen LogP contribution < -0.4 is 0 Å². The van der Waals surface area contributed by atoms with Gasteiger partial charge in [-0.25, -0.2) is 0 Å². The van der Waals surface area contributed by atoms with Gasteiger partial charge in [-0.05, 0) is 23.8 Å². The van der Waals surface area contributed by atoms with Gasteiger partial charge >= 0.3 is 0 Å². The SMILES string of the molecule is O=C(CBr)Cc1cc(Br)ccc1Cl. The molecular weight excluding hydrogens is 319 g/mol. The maximum atomic E-state index is 11.1. The molecule has 0 heterocycles. The van der Waals surface area contributed by atoms with Crippen molar-refractivity contribution in [1.82, 2.24) is 0 Å². The Labute approximate surface area is 98.7 Å². The minimum atomic E-state index is 0.125. The Hall–Kier alpha value is 0.140. The van der Waals surface area contributed by atoms with Crippen LogP contribution in [0.2, 0.25) is 5.02 Å². The number of hydrogen-bond acceptors (Lipinski definition) is 1. The summed E-state index contributed by atoms with van der Waals surface area (Å²) in [5.41, 5.74) is 0.862. The zero-order valence-corrected chi connectivity index (χ0v) is 10.6. The monoisotopic (exact) mass is 324 g/mol. The van der Waals surface area contributed by atoms with Crippen molar-refractivity contribution in [2.45, 2.75) is 6.42 Å². The van der Waals surface area contributed by atoms with Gasteiger partial charge in [-0.1, -0.05) is 43.5 Å². The number of hydrogen-bond donors (Lipinski definition) is 0. The van der Waals surface area contributed by atoms with Crippen LogP contribution in [0.4, 0.5) is 0 Å². The molecule has 0 unspecified atom stereocenters. The third-order valence-corrected chi connectivity index (χ3v) is 3.03. The molecule has 0 fully saturated rings. The van der Waals surface area contributed by atoms with E-state index in [0.29, 0.717) is 16.8 Å². The fraction of sp³-hybridized carbons (Fsp3) is 0.222. The number of carbonyl (C=O) groups is 1. The maximum Gasteiger partial charge on any atom is 0.147 e. The minimum Gasteiger partial charge on any atom is -0.298 e. The molecule has 1 nitrogen and oxygen atoms in total. The van der Waals surface area contributed by atoms with E-state index >= 15 is 0 Å². The number of halogens is 3. The average molecular weight is 326 g/mol. The molecule has 1 aromatic carbocycles. The molecule has 1 aromatic rings. The molecule has 0 amide bonds. The molecule has 0 aliphatic carbocycles. The highest BCUT2D eigenvalue weighted by atomic mass is 79.9. The van der Waals surface area contributed by atoms with E-state index in [9.17, 15) is 4.79 Å². The zero-order chi connectivity index (χ0) is 9.84. The van der Waals surface area contributed by atoms with Crippen LogP contribution >= 0.6 is 43.5 Å². The third kappa shape index (κ3) is 3.41. The predicted octanol–water partition coefficient (Wildman–Crippen LogP) is 3.61. The van der Waals surface area contributed by atoms with E-state index in [-0.39, 0.29) is 5.78 Å². The molecule has 0 atom stereocenters. The smallest absolute Gasteiger partial charge is 0.147 e. The van der Waals surface area contributed by atoms with Crippen LogP contribution in [0.15, 0.2) is 22.7 Å². The van der Waals surface area contributed by atoms with Crippen molar-refractivity contribution in [1.29, 1.82) is 0 Å². The molecule has 0 aromatic heterocycles. The predicted molar refractivity (Wildman–Crippen MR) is 61.7 cm³/mol. The molecule has 0 N–H and O–H groups in total. The van der Waals surface area contributed by atoms with E-state index in [1.165, 1.54) is 0 Å². The summed E-state index contributed by atoms with van der Waals surface area (Å²) in [5, 5.41) is 1.01. The molecule has 0 radical (unpaired) electrons. The molecule has 0 saturated heterocycles. The van der Waals surface area contributed by atoms with Crippen LogP contribution in [0.25, 0.3) is 0 Å². The van der Waals surface area contributed by atoms with Crippen LogP contribution in [0.5, 0.6) is 0 Å². The van der Waals surface area contributed by atoms with Gasteiger partial charge in [-0.15, -0.1) is 0 Å². The van der Waals surface area contributed by atoms with Crippen LogP contribution in [-0.2, 0) is 11.2 Å². The molecule has 0 bridgehead atoms. The van der Waals surface area contributed by atoms with E-state index in [1.54, 1.807) is 6.07 Å². The van der Waals surface area contributed by atoms with Crippen molar-refractivity contribution in [3.05, 3.63) is 33.3 Å². The normalized spacial score (nSPS) is 10.1. The Bertz CT molecular complexity index is 325. The number of benzene rings is 1. The summed E-state index contributed by atoms with van der Waals surface area (Å²) in [4.78, 5) is 11.1. The first kappa shape index (κ1) is 11.2. The number of ketones is 1. The molecular formula is C9H7Br2ClO. The lowest BCUT2D eigenvalue weighted by Gasteiger charge is -2.02. The second-order valence-electron chi connectivity index (χ2n) is 2.58. The van der Waals surface area contributed by atoms with Crippen molar-refractivity contribution in [3.63, 3.8) is 0 Å². The summed E-state index contributed by atoms with van der Waals surface area (Å²) in [6.07, 6.45) is 0.378. The van der Waals surface area contributed by atoms with Crippen molar-refractivity contribution >= 4 is 49.2 Å². The average Bonchev–Trinajstić information content (AvgIpc) is 2.11. The van der Waals surface area contributed by atoms with Crippen molar-refractivity contribution in [2.24, 2.45) is 0 Å². The van der Waals surface area contributed by atoms with Crippen molar-refractivity contribution in [3.8, 4) is 0 Å². The highest BCUT2D eigenvalue weighted by Crippen LogP contribution is 2.21. The summed E-state index contributed by atoms with van der Waals surface area (Å²) in [6, 6.07) is 5.50. The van der Waals surface area contributed by atoms with Gasteiger partial charge in [0.25, 0.3) is 0 Å². The molecule has 0 saturated carbocycles. The van der Waals surface area contributed by atoms with Crippen LogP contribution in [0.1, 0.15) is 5.56 Å². The first-order valence-corrected chi connectivity index (χ1v) is 5.94. The van der Waals surface area contributed by atoms with Gasteiger partial charge in [0.05, 0.1) is 5.33 Å². The Morgan fingerprint density at radius 1 is 1.46 bits per heavy atom. The topological polar surface area (TPSA) is 17.1 Å². The van der Waals surface area contributed by atoms with E-state index < -0.39 is 0 Å². The zero-order valence-electron chi connectivity index (χ0n) is 6.69. The number of rotatable bonds is 3. The van der Waals surface area contributed by atoms with Gasteiger partial charge in [0.1, 0.15) is 5.78 Å². The highest BCUT2D eigenvalue weighted by Gasteiger charge is 2.06. The number of carbonyl (C=O) groups excluding carboxylic acids is 1. The van der Waals surface area contributed by atoms with Gasteiger partial charge in [0.15, 0.2) is 0 Å². The van der Waals surface area contributed by atoms with Gasteiger partial charge in [-0.3, -0.25) is 4.79 Å². The largest absolute Gasteiger partial charge is 0.298 e. The van der Waals surface area contributed by atoms with Crippen LogP contribution in [0.3, 0.4) is 0 Å². The fourth-order valence-electron chi connectivity index (χ4n) is 0.938. The molecule has 0 aliphatic heterocycles. The van der Waals surface area contributed by atoms with Crippen LogP contribution in [0, 0.1) is 0 Å². The molecule has 4 heteroatoms. The first-order valence-electron chi connectivity index (χ1n) is 3.65. The third-order valence-electron chi connectivity index (χ3n) is 1.54. The second-order valence-corrected chi connectivity index (χ2v) is 4.47. The molecule has 70 valence electrons. The van der Waals surface area contributed by atoms with E-state index in [4.69, 9.17) is 11.6 Å². The molecule has 0 aliphatic rings. The van der Waals surface area contributed by atoms with Crippen LogP contribution in [-0.4, -0.2) is 11.1 Å². The standard InChI is InChI=1S/C9H7Br2ClO/c10-5-8(13)4-6-3-7(11)1-2-9(6)12/h1-3H,4-5H2. The quantitative estimate of drug-likeness (QED) is 0.776. The van der Waals surface area contributed by atoms with Crippen molar-refractivity contribution in [2.75, 3.05) is 5.33 Å². The van der Waals surface area contributed by atoms with Gasteiger partial charge in [0, 0.05) is 15.9 Å². The Kier molecular flexibility index (Phi) is 4.42. The maximum absolute atomic E-state index is 11.1. The summed E-state index contributed by atoms with van der Waals surface area (Å²) in [6.45, 7) is 0. The van der Waals surface area contributed by atoms with Gasteiger partial charge < -0.3 is 0 Å². The first-order chi connectivity index (χ1) is 6.13. The van der Waals surface area contributed by atoms with E-state index in [0.717, 1.165) is 10.0 Å². The van der Waals surface area contributed by atoms with E-state index in [1.807, 2.05) is 12.1 Å². The lowest BCUT2D eigenvalue weighted by molar-refractivity contribution is -0.115. The van der Waals surface area contributed by atoms with E-state index in [2.05, 4.69) is 31.9 Å². The lowest BCUT2D eigenvalue weighted by Crippen LogP contribution is -2.03. The van der Waals surface area contributed by atoms with Gasteiger partial charge in [-0.2, -0.15) is 0 Å². The second kappa shape index (κ2) is 5.13. The fourth-order valence-corrected chi connectivity index (χ4v) is 1.73. The lowest BCUT2D eigenvalue weighted by atomic mass is 10.1.